The Labute approximate surface area is 184 Å². The van der Waals surface area contributed by atoms with Gasteiger partial charge in [-0.3, -0.25) is 14.9 Å². The van der Waals surface area contributed by atoms with E-state index < -0.39 is 11.8 Å². The van der Waals surface area contributed by atoms with Crippen LogP contribution in [0.3, 0.4) is 0 Å². The molecule has 0 saturated carbocycles. The Kier molecular flexibility index (Phi) is 4.39. The fourth-order valence-electron chi connectivity index (χ4n) is 4.87. The summed E-state index contributed by atoms with van der Waals surface area (Å²) in [4.78, 5) is 41.2. The number of anilines is 1. The van der Waals surface area contributed by atoms with E-state index in [0.717, 1.165) is 53.5 Å². The van der Waals surface area contributed by atoms with Gasteiger partial charge in [0.1, 0.15) is 0 Å². The van der Waals surface area contributed by atoms with Crippen molar-refractivity contribution in [1.29, 1.82) is 0 Å². The van der Waals surface area contributed by atoms with Gasteiger partial charge in [-0.1, -0.05) is 36.4 Å². The van der Waals surface area contributed by atoms with E-state index in [1.807, 2.05) is 54.7 Å². The van der Waals surface area contributed by atoms with Gasteiger partial charge < -0.3 is 15.2 Å². The van der Waals surface area contributed by atoms with Crippen LogP contribution in [0.2, 0.25) is 0 Å². The van der Waals surface area contributed by atoms with Crippen molar-refractivity contribution in [2.75, 3.05) is 31.1 Å². The molecule has 2 saturated heterocycles. The lowest BCUT2D eigenvalue weighted by atomic mass is 9.84. The van der Waals surface area contributed by atoms with E-state index in [0.29, 0.717) is 11.6 Å². The molecule has 8 nitrogen and oxygen atoms in total. The molecule has 6 rings (SSSR count). The maximum atomic E-state index is 13.1. The summed E-state index contributed by atoms with van der Waals surface area (Å²) in [6, 6.07) is 15.5. The second-order valence-corrected chi connectivity index (χ2v) is 8.26. The SMILES string of the molecule is O=C1NC(=O)C(c2c[nH]c3ccccc23)C1c1nc(N2CCNCC2)nc2ccccc12. The van der Waals surface area contributed by atoms with Gasteiger partial charge in [0.05, 0.1) is 23.0 Å². The topological polar surface area (TPSA) is 103 Å². The molecule has 8 heteroatoms. The van der Waals surface area contributed by atoms with Crippen LogP contribution in [0.5, 0.6) is 0 Å². The first-order valence-corrected chi connectivity index (χ1v) is 10.8. The van der Waals surface area contributed by atoms with Crippen LogP contribution in [-0.4, -0.2) is 52.9 Å². The van der Waals surface area contributed by atoms with Gasteiger partial charge in [-0.25, -0.2) is 9.97 Å². The van der Waals surface area contributed by atoms with Crippen LogP contribution < -0.4 is 15.5 Å². The zero-order chi connectivity index (χ0) is 21.7. The largest absolute Gasteiger partial charge is 0.361 e. The van der Waals surface area contributed by atoms with Gasteiger partial charge in [-0.15, -0.1) is 0 Å². The molecule has 4 heterocycles. The lowest BCUT2D eigenvalue weighted by Crippen LogP contribution is -2.44. The zero-order valence-electron chi connectivity index (χ0n) is 17.3. The Morgan fingerprint density at radius 1 is 0.844 bits per heavy atom. The molecule has 4 aromatic rings. The number of para-hydroxylation sites is 2. The third-order valence-corrected chi connectivity index (χ3v) is 6.42. The molecular formula is C24H22N6O2. The number of hydrogen-bond acceptors (Lipinski definition) is 6. The Balaban J connectivity index is 1.54. The standard InChI is InChI=1S/C24H22N6O2/c31-22-19(16-13-26-17-7-3-1-5-14(16)17)20(23(32)29-22)21-15-6-2-4-8-18(15)27-24(28-21)30-11-9-25-10-12-30/h1-8,13,19-20,25-26H,9-12H2,(H,29,31,32). The number of nitrogens with one attached hydrogen (secondary N) is 3. The van der Waals surface area contributed by atoms with E-state index in [1.54, 1.807) is 0 Å². The third kappa shape index (κ3) is 2.95. The monoisotopic (exact) mass is 426 g/mol. The molecule has 0 spiro atoms. The summed E-state index contributed by atoms with van der Waals surface area (Å²) in [7, 11) is 0. The van der Waals surface area contributed by atoms with Crippen LogP contribution in [-0.2, 0) is 9.59 Å². The van der Waals surface area contributed by atoms with E-state index >= 15 is 0 Å². The predicted octanol–water partition coefficient (Wildman–Crippen LogP) is 2.04. The minimum atomic E-state index is -0.726. The average molecular weight is 426 g/mol. The molecule has 2 aromatic carbocycles. The van der Waals surface area contributed by atoms with E-state index in [-0.39, 0.29) is 11.8 Å². The summed E-state index contributed by atoms with van der Waals surface area (Å²) in [6.07, 6.45) is 1.83. The predicted molar refractivity (Wildman–Crippen MR) is 122 cm³/mol. The van der Waals surface area contributed by atoms with Crippen LogP contribution >= 0.6 is 0 Å². The number of nitrogens with zero attached hydrogens (tertiary/aromatic N) is 3. The maximum Gasteiger partial charge on any atom is 0.236 e. The summed E-state index contributed by atoms with van der Waals surface area (Å²) < 4.78 is 0. The molecule has 2 atom stereocenters. The van der Waals surface area contributed by atoms with Gasteiger partial charge in [0, 0.05) is 48.7 Å². The lowest BCUT2D eigenvalue weighted by molar-refractivity contribution is -0.125. The minimum Gasteiger partial charge on any atom is -0.361 e. The fourth-order valence-corrected chi connectivity index (χ4v) is 4.87. The van der Waals surface area contributed by atoms with E-state index in [9.17, 15) is 9.59 Å². The van der Waals surface area contributed by atoms with Crippen LogP contribution in [0.15, 0.2) is 54.7 Å². The van der Waals surface area contributed by atoms with Crippen LogP contribution in [0.1, 0.15) is 23.1 Å². The fraction of sp³-hybridized carbons (Fsp3) is 0.250. The number of aromatic amines is 1. The summed E-state index contributed by atoms with van der Waals surface area (Å²) in [6.45, 7) is 3.29. The molecule has 2 aliphatic rings. The van der Waals surface area contributed by atoms with E-state index in [2.05, 4.69) is 20.5 Å². The van der Waals surface area contributed by atoms with Crippen LogP contribution in [0.4, 0.5) is 5.95 Å². The third-order valence-electron chi connectivity index (χ3n) is 6.42. The molecule has 2 aromatic heterocycles. The molecule has 3 N–H and O–H groups in total. The number of hydrogen-bond donors (Lipinski definition) is 3. The number of piperazine rings is 1. The summed E-state index contributed by atoms with van der Waals surface area (Å²) in [5.41, 5.74) is 3.11. The first-order valence-electron chi connectivity index (χ1n) is 10.8. The Bertz CT molecular complexity index is 1360. The molecule has 2 aliphatic heterocycles. The molecule has 0 aliphatic carbocycles. The number of fused-ring (bicyclic) bond motifs is 2. The lowest BCUT2D eigenvalue weighted by Gasteiger charge is -2.28. The number of carbonyl (C=O) groups is 2. The number of benzene rings is 2. The van der Waals surface area contributed by atoms with E-state index in [1.165, 1.54) is 0 Å². The smallest absolute Gasteiger partial charge is 0.236 e. The van der Waals surface area contributed by atoms with Crippen LogP contribution in [0.25, 0.3) is 21.8 Å². The molecule has 2 fully saturated rings. The van der Waals surface area contributed by atoms with Gasteiger partial charge in [0.2, 0.25) is 17.8 Å². The number of rotatable bonds is 3. The van der Waals surface area contributed by atoms with Crippen LogP contribution in [0, 0.1) is 0 Å². The number of H-pyrrole nitrogens is 1. The van der Waals surface area contributed by atoms with Crippen molar-refractivity contribution in [2.45, 2.75) is 11.8 Å². The van der Waals surface area contributed by atoms with Gasteiger partial charge in [-0.05, 0) is 17.7 Å². The highest BCUT2D eigenvalue weighted by molar-refractivity contribution is 6.12. The number of aromatic nitrogens is 3. The molecule has 2 unspecified atom stereocenters. The van der Waals surface area contributed by atoms with Gasteiger partial charge in [0.25, 0.3) is 0 Å². The van der Waals surface area contributed by atoms with Crippen molar-refractivity contribution in [3.63, 3.8) is 0 Å². The highest BCUT2D eigenvalue weighted by Gasteiger charge is 2.46. The first kappa shape index (κ1) is 18.9. The summed E-state index contributed by atoms with van der Waals surface area (Å²) >= 11 is 0. The second-order valence-electron chi connectivity index (χ2n) is 8.26. The molecule has 160 valence electrons. The molecule has 0 bridgehead atoms. The van der Waals surface area contributed by atoms with Crippen molar-refractivity contribution < 1.29 is 9.59 Å². The molecule has 0 radical (unpaired) electrons. The molecular weight excluding hydrogens is 404 g/mol. The second kappa shape index (κ2) is 7.42. The summed E-state index contributed by atoms with van der Waals surface area (Å²) in [5, 5.41) is 7.63. The number of carbonyl (C=O) groups excluding carboxylic acids is 2. The van der Waals surface area contributed by atoms with E-state index in [4.69, 9.17) is 9.97 Å². The van der Waals surface area contributed by atoms with Crippen molar-refractivity contribution in [2.24, 2.45) is 0 Å². The summed E-state index contributed by atoms with van der Waals surface area (Å²) in [5.74, 6) is -1.40. The van der Waals surface area contributed by atoms with Crippen molar-refractivity contribution >= 4 is 39.6 Å². The van der Waals surface area contributed by atoms with Crippen molar-refractivity contribution in [3.05, 3.63) is 66.0 Å². The average Bonchev–Trinajstić information content (AvgIpc) is 3.38. The maximum absolute atomic E-state index is 13.1. The van der Waals surface area contributed by atoms with Crippen molar-refractivity contribution in [3.8, 4) is 0 Å². The Morgan fingerprint density at radius 3 is 2.41 bits per heavy atom. The zero-order valence-corrected chi connectivity index (χ0v) is 17.3. The molecule has 32 heavy (non-hydrogen) atoms. The van der Waals surface area contributed by atoms with Gasteiger partial charge in [-0.2, -0.15) is 0 Å². The molecule has 2 amide bonds. The quantitative estimate of drug-likeness (QED) is 0.433. The number of amides is 2. The normalized spacial score (nSPS) is 21.4. The first-order chi connectivity index (χ1) is 15.7. The van der Waals surface area contributed by atoms with Crippen molar-refractivity contribution in [1.82, 2.24) is 25.6 Å². The number of imide groups is 1. The Hall–Kier alpha value is -3.78. The van der Waals surface area contributed by atoms with Gasteiger partial charge in [0.15, 0.2) is 0 Å². The van der Waals surface area contributed by atoms with Gasteiger partial charge >= 0.3 is 0 Å². The Morgan fingerprint density at radius 2 is 1.56 bits per heavy atom. The highest BCUT2D eigenvalue weighted by Crippen LogP contribution is 2.42. The highest BCUT2D eigenvalue weighted by atomic mass is 16.2. The minimum absolute atomic E-state index is 0.295.